The molecule has 0 bridgehead atoms. The average Bonchev–Trinajstić information content (AvgIpc) is 2.61. The van der Waals surface area contributed by atoms with Gasteiger partial charge in [0.2, 0.25) is 0 Å². The van der Waals surface area contributed by atoms with E-state index < -0.39 is 5.91 Å². The molecule has 26 heavy (non-hydrogen) atoms. The maximum absolute atomic E-state index is 11.9. The van der Waals surface area contributed by atoms with Crippen molar-refractivity contribution in [3.8, 4) is 11.5 Å². The number of benzene rings is 2. The molecule has 2 rings (SSSR count). The first kappa shape index (κ1) is 19.1. The smallest absolute Gasteiger partial charge is 0.277 e. The van der Waals surface area contributed by atoms with E-state index in [1.807, 2.05) is 13.8 Å². The minimum atomic E-state index is -0.443. The zero-order valence-corrected chi connectivity index (χ0v) is 14.9. The molecule has 0 aliphatic carbocycles. The number of hydrogen-bond acceptors (Lipinski definition) is 6. The summed E-state index contributed by atoms with van der Waals surface area (Å²) >= 11 is 0. The third-order valence-corrected chi connectivity index (χ3v) is 3.74. The van der Waals surface area contributed by atoms with Gasteiger partial charge >= 0.3 is 0 Å². The van der Waals surface area contributed by atoms with Crippen LogP contribution in [0.3, 0.4) is 0 Å². The zero-order chi connectivity index (χ0) is 19.1. The molecule has 0 aliphatic rings. The topological polar surface area (TPSA) is 100 Å². The normalized spacial score (nSPS) is 10.9. The molecule has 0 fully saturated rings. The van der Waals surface area contributed by atoms with Crippen LogP contribution in [-0.2, 0) is 4.79 Å². The number of phenols is 1. The van der Waals surface area contributed by atoms with Crippen LogP contribution in [-0.4, -0.2) is 23.8 Å². The standard InChI is InChI=1S/C19H21N3O4/c1-12(2)15-9-16(22-25)13(3)8-18(15)26-11-19(24)21-20-10-14-6-4-5-7-17(14)23/h4-10,12,23H,11H2,1-3H3,(H,21,24)/b20-10+. The second kappa shape index (κ2) is 8.75. The van der Waals surface area contributed by atoms with E-state index in [0.29, 0.717) is 22.6 Å². The minimum Gasteiger partial charge on any atom is -0.507 e. The summed E-state index contributed by atoms with van der Waals surface area (Å²) in [6.45, 7) is 5.45. The van der Waals surface area contributed by atoms with Crippen molar-refractivity contribution >= 4 is 17.8 Å². The van der Waals surface area contributed by atoms with Crippen molar-refractivity contribution in [2.45, 2.75) is 26.7 Å². The van der Waals surface area contributed by atoms with Crippen molar-refractivity contribution in [1.82, 2.24) is 5.43 Å². The molecule has 0 radical (unpaired) electrons. The van der Waals surface area contributed by atoms with Gasteiger partial charge in [0.15, 0.2) is 6.61 Å². The molecule has 0 spiro atoms. The Labute approximate surface area is 151 Å². The van der Waals surface area contributed by atoms with E-state index in [0.717, 1.165) is 5.56 Å². The van der Waals surface area contributed by atoms with E-state index in [1.165, 1.54) is 12.3 Å². The number of nitrogens with one attached hydrogen (secondary N) is 1. The number of para-hydroxylation sites is 1. The van der Waals surface area contributed by atoms with Crippen LogP contribution in [0.2, 0.25) is 0 Å². The Bertz CT molecular complexity index is 832. The predicted molar refractivity (Wildman–Crippen MR) is 100 cm³/mol. The number of hydrogen-bond donors (Lipinski definition) is 2. The summed E-state index contributed by atoms with van der Waals surface area (Å²) < 4.78 is 5.59. The first-order valence-electron chi connectivity index (χ1n) is 8.13. The van der Waals surface area contributed by atoms with E-state index in [2.05, 4.69) is 15.7 Å². The van der Waals surface area contributed by atoms with Gasteiger partial charge in [-0.1, -0.05) is 26.0 Å². The number of hydrazone groups is 1. The van der Waals surface area contributed by atoms with E-state index >= 15 is 0 Å². The van der Waals surface area contributed by atoms with Gasteiger partial charge in [-0.05, 0) is 53.4 Å². The van der Waals surface area contributed by atoms with Crippen molar-refractivity contribution in [2.24, 2.45) is 10.3 Å². The van der Waals surface area contributed by atoms with Gasteiger partial charge in [0.25, 0.3) is 5.91 Å². The first-order chi connectivity index (χ1) is 12.4. The number of aryl methyl sites for hydroxylation is 1. The lowest BCUT2D eigenvalue weighted by Crippen LogP contribution is -2.25. The molecule has 0 heterocycles. The summed E-state index contributed by atoms with van der Waals surface area (Å²) in [6, 6.07) is 10.0. The summed E-state index contributed by atoms with van der Waals surface area (Å²) in [4.78, 5) is 22.7. The molecule has 0 saturated heterocycles. The molecule has 2 N–H and O–H groups in total. The molecule has 1 amide bonds. The van der Waals surface area contributed by atoms with Gasteiger partial charge in [0.1, 0.15) is 17.2 Å². The van der Waals surface area contributed by atoms with Crippen LogP contribution in [0.15, 0.2) is 46.7 Å². The molecule has 0 atom stereocenters. The quantitative estimate of drug-likeness (QED) is 0.449. The van der Waals surface area contributed by atoms with Crippen LogP contribution in [0.1, 0.15) is 36.5 Å². The number of phenolic OH excluding ortho intramolecular Hbond substituents is 1. The van der Waals surface area contributed by atoms with Crippen molar-refractivity contribution in [1.29, 1.82) is 0 Å². The van der Waals surface area contributed by atoms with Crippen molar-refractivity contribution in [3.05, 3.63) is 58.0 Å². The Morgan fingerprint density at radius 3 is 2.69 bits per heavy atom. The molecule has 0 unspecified atom stereocenters. The largest absolute Gasteiger partial charge is 0.507 e. The Morgan fingerprint density at radius 2 is 2.04 bits per heavy atom. The maximum atomic E-state index is 11.9. The number of nitrogens with zero attached hydrogens (tertiary/aromatic N) is 2. The summed E-state index contributed by atoms with van der Waals surface area (Å²) in [7, 11) is 0. The number of rotatable bonds is 7. The second-order valence-corrected chi connectivity index (χ2v) is 6.06. The monoisotopic (exact) mass is 355 g/mol. The summed E-state index contributed by atoms with van der Waals surface area (Å²) in [5, 5.41) is 16.4. The summed E-state index contributed by atoms with van der Waals surface area (Å²) in [6.07, 6.45) is 1.35. The highest BCUT2D eigenvalue weighted by atomic mass is 16.5. The lowest BCUT2D eigenvalue weighted by atomic mass is 9.99. The highest BCUT2D eigenvalue weighted by molar-refractivity contribution is 5.85. The number of carbonyl (C=O) groups excluding carboxylic acids is 1. The molecule has 0 saturated carbocycles. The van der Waals surface area contributed by atoms with Crippen LogP contribution in [0.5, 0.6) is 11.5 Å². The minimum absolute atomic E-state index is 0.0719. The van der Waals surface area contributed by atoms with Crippen LogP contribution < -0.4 is 10.2 Å². The molecular formula is C19H21N3O4. The number of aromatic hydroxyl groups is 1. The lowest BCUT2D eigenvalue weighted by Gasteiger charge is -2.15. The average molecular weight is 355 g/mol. The van der Waals surface area contributed by atoms with Crippen molar-refractivity contribution in [3.63, 3.8) is 0 Å². The Balaban J connectivity index is 2.00. The van der Waals surface area contributed by atoms with Crippen LogP contribution in [0, 0.1) is 11.8 Å². The molecule has 7 nitrogen and oxygen atoms in total. The second-order valence-electron chi connectivity index (χ2n) is 6.06. The third-order valence-electron chi connectivity index (χ3n) is 3.74. The third kappa shape index (κ3) is 4.89. The Morgan fingerprint density at radius 1 is 1.31 bits per heavy atom. The molecule has 136 valence electrons. The van der Waals surface area contributed by atoms with E-state index in [9.17, 15) is 14.8 Å². The van der Waals surface area contributed by atoms with E-state index in [-0.39, 0.29) is 18.3 Å². The molecule has 0 aromatic heterocycles. The number of carbonyl (C=O) groups is 1. The summed E-state index contributed by atoms with van der Waals surface area (Å²) in [5.41, 5.74) is 4.67. The van der Waals surface area contributed by atoms with Crippen molar-refractivity contribution < 1.29 is 14.6 Å². The van der Waals surface area contributed by atoms with Crippen LogP contribution >= 0.6 is 0 Å². The van der Waals surface area contributed by atoms with Gasteiger partial charge in [0.05, 0.1) is 6.21 Å². The zero-order valence-electron chi connectivity index (χ0n) is 14.9. The van der Waals surface area contributed by atoms with E-state index in [4.69, 9.17) is 4.74 Å². The van der Waals surface area contributed by atoms with E-state index in [1.54, 1.807) is 37.3 Å². The van der Waals surface area contributed by atoms with Gasteiger partial charge < -0.3 is 9.84 Å². The Hall–Kier alpha value is -3.22. The number of amides is 1. The molecule has 2 aromatic carbocycles. The fourth-order valence-electron chi connectivity index (χ4n) is 2.31. The van der Waals surface area contributed by atoms with Gasteiger partial charge in [-0.3, -0.25) is 4.79 Å². The summed E-state index contributed by atoms with van der Waals surface area (Å²) in [5.74, 6) is 0.266. The van der Waals surface area contributed by atoms with Gasteiger partial charge in [-0.2, -0.15) is 5.10 Å². The fourth-order valence-corrected chi connectivity index (χ4v) is 2.31. The van der Waals surface area contributed by atoms with Crippen molar-refractivity contribution in [2.75, 3.05) is 6.61 Å². The SMILES string of the molecule is Cc1cc(OCC(=O)N/N=C/c2ccccc2O)c(C(C)C)cc1N=O. The van der Waals surface area contributed by atoms with Gasteiger partial charge in [-0.25, -0.2) is 5.43 Å². The predicted octanol–water partition coefficient (Wildman–Crippen LogP) is 3.75. The Kier molecular flexibility index (Phi) is 6.43. The fraction of sp³-hybridized carbons (Fsp3) is 0.263. The molecule has 7 heteroatoms. The molecule has 2 aromatic rings. The maximum Gasteiger partial charge on any atom is 0.277 e. The number of ether oxygens (including phenoxy) is 1. The van der Waals surface area contributed by atoms with Gasteiger partial charge in [-0.15, -0.1) is 4.91 Å². The highest BCUT2D eigenvalue weighted by Gasteiger charge is 2.13. The molecule has 0 aliphatic heterocycles. The lowest BCUT2D eigenvalue weighted by molar-refractivity contribution is -0.123. The van der Waals surface area contributed by atoms with Crippen LogP contribution in [0.4, 0.5) is 5.69 Å². The number of nitroso groups, excluding NO2 is 1. The molecular weight excluding hydrogens is 334 g/mol. The highest BCUT2D eigenvalue weighted by Crippen LogP contribution is 2.33. The first-order valence-corrected chi connectivity index (χ1v) is 8.13. The van der Waals surface area contributed by atoms with Gasteiger partial charge in [0, 0.05) is 5.56 Å². The van der Waals surface area contributed by atoms with Crippen LogP contribution in [0.25, 0.3) is 0 Å².